The highest BCUT2D eigenvalue weighted by atomic mass is 32.2. The van der Waals surface area contributed by atoms with Gasteiger partial charge in [0, 0.05) is 13.7 Å². The molecule has 6 heteroatoms. The summed E-state index contributed by atoms with van der Waals surface area (Å²) >= 11 is 0. The Hall–Kier alpha value is -1.89. The van der Waals surface area contributed by atoms with Gasteiger partial charge in [-0.25, -0.2) is 13.1 Å². The molecule has 0 fully saturated rings. The first-order chi connectivity index (χ1) is 12.8. The predicted octanol–water partition coefficient (Wildman–Crippen LogP) is 3.95. The molecule has 2 aromatic carbocycles. The Morgan fingerprint density at radius 3 is 2.19 bits per heavy atom. The van der Waals surface area contributed by atoms with Gasteiger partial charge in [-0.1, -0.05) is 51.1 Å². The minimum atomic E-state index is -3.66. The summed E-state index contributed by atoms with van der Waals surface area (Å²) in [4.78, 5) is 0.202. The third-order valence-electron chi connectivity index (χ3n) is 4.53. The van der Waals surface area contributed by atoms with Gasteiger partial charge in [0.05, 0.1) is 11.5 Å². The van der Waals surface area contributed by atoms with Crippen molar-refractivity contribution in [3.63, 3.8) is 0 Å². The predicted molar refractivity (Wildman–Crippen MR) is 107 cm³/mol. The summed E-state index contributed by atoms with van der Waals surface area (Å²) in [6, 6.07) is 16.1. The molecule has 1 unspecified atom stereocenters. The largest absolute Gasteiger partial charge is 0.493 e. The van der Waals surface area contributed by atoms with Crippen LogP contribution < -0.4 is 9.46 Å². The molecule has 0 bridgehead atoms. The van der Waals surface area contributed by atoms with E-state index in [-0.39, 0.29) is 11.4 Å². The molecule has 0 heterocycles. The first-order valence-electron chi connectivity index (χ1n) is 9.16. The van der Waals surface area contributed by atoms with E-state index in [2.05, 4.69) is 18.6 Å². The van der Waals surface area contributed by atoms with Crippen LogP contribution in [0.1, 0.15) is 32.8 Å². The Balaban J connectivity index is 2.13. The lowest BCUT2D eigenvalue weighted by Crippen LogP contribution is -2.41. The summed E-state index contributed by atoms with van der Waals surface area (Å²) in [5.74, 6) is 1.07. The molecule has 0 saturated carbocycles. The number of rotatable bonds is 10. The van der Waals surface area contributed by atoms with Crippen LogP contribution in [0.2, 0.25) is 0 Å². The second kappa shape index (κ2) is 9.35. The van der Waals surface area contributed by atoms with Crippen LogP contribution in [0.15, 0.2) is 59.5 Å². The maximum atomic E-state index is 12.7. The zero-order chi connectivity index (χ0) is 19.9. The molecule has 0 aliphatic rings. The van der Waals surface area contributed by atoms with Crippen LogP contribution in [-0.2, 0) is 20.4 Å². The van der Waals surface area contributed by atoms with Crippen LogP contribution in [0.5, 0.6) is 5.75 Å². The monoisotopic (exact) mass is 391 g/mol. The summed E-state index contributed by atoms with van der Waals surface area (Å²) in [7, 11) is -2.05. The third-order valence-corrected chi connectivity index (χ3v) is 5.94. The highest BCUT2D eigenvalue weighted by Gasteiger charge is 2.32. The summed E-state index contributed by atoms with van der Waals surface area (Å²) in [6.45, 7) is 6.84. The summed E-state index contributed by atoms with van der Waals surface area (Å²) in [6.07, 6.45) is 0.637. The van der Waals surface area contributed by atoms with Crippen molar-refractivity contribution in [2.24, 2.45) is 5.92 Å². The number of benzene rings is 2. The van der Waals surface area contributed by atoms with Crippen LogP contribution in [-0.4, -0.2) is 28.7 Å². The molecule has 0 aromatic heterocycles. The fraction of sp³-hybridized carbons (Fsp3) is 0.429. The van der Waals surface area contributed by atoms with E-state index < -0.39 is 15.6 Å². The Labute approximate surface area is 162 Å². The quantitative estimate of drug-likeness (QED) is 0.666. The Morgan fingerprint density at radius 1 is 1.04 bits per heavy atom. The van der Waals surface area contributed by atoms with Crippen LogP contribution in [0.25, 0.3) is 0 Å². The van der Waals surface area contributed by atoms with Gasteiger partial charge >= 0.3 is 0 Å². The summed E-state index contributed by atoms with van der Waals surface area (Å²) < 4.78 is 39.5. The van der Waals surface area contributed by atoms with Gasteiger partial charge < -0.3 is 9.47 Å². The van der Waals surface area contributed by atoms with Crippen LogP contribution in [0.3, 0.4) is 0 Å². The number of methoxy groups -OCH3 is 1. The van der Waals surface area contributed by atoms with Gasteiger partial charge in [0.1, 0.15) is 11.4 Å². The van der Waals surface area contributed by atoms with Crippen LogP contribution in [0, 0.1) is 5.92 Å². The van der Waals surface area contributed by atoms with Crippen molar-refractivity contribution in [2.75, 3.05) is 20.3 Å². The van der Waals surface area contributed by atoms with E-state index in [1.165, 1.54) is 0 Å². The highest BCUT2D eigenvalue weighted by Crippen LogP contribution is 2.28. The van der Waals surface area contributed by atoms with Gasteiger partial charge in [0.15, 0.2) is 0 Å². The zero-order valence-electron chi connectivity index (χ0n) is 16.4. The molecular formula is C21H29NO4S. The number of ether oxygens (including phenoxy) is 2. The molecule has 1 N–H and O–H groups in total. The molecule has 1 atom stereocenters. The molecule has 0 spiro atoms. The summed E-state index contributed by atoms with van der Waals surface area (Å²) in [5, 5.41) is 0. The minimum absolute atomic E-state index is 0.151. The molecule has 0 radical (unpaired) electrons. The van der Waals surface area contributed by atoms with E-state index in [0.29, 0.717) is 24.7 Å². The average molecular weight is 392 g/mol. The molecule has 2 aromatic rings. The lowest BCUT2D eigenvalue weighted by atomic mass is 9.91. The number of nitrogens with one attached hydrogen (secondary N) is 1. The van der Waals surface area contributed by atoms with Gasteiger partial charge in [-0.3, -0.25) is 0 Å². The third kappa shape index (κ3) is 5.54. The topological polar surface area (TPSA) is 64.6 Å². The highest BCUT2D eigenvalue weighted by molar-refractivity contribution is 7.89. The average Bonchev–Trinajstić information content (AvgIpc) is 2.69. The van der Waals surface area contributed by atoms with E-state index in [0.717, 1.165) is 5.56 Å². The van der Waals surface area contributed by atoms with Gasteiger partial charge in [-0.15, -0.1) is 0 Å². The minimum Gasteiger partial charge on any atom is -0.493 e. The lowest BCUT2D eigenvalue weighted by molar-refractivity contribution is -0.0133. The molecule has 0 aliphatic heterocycles. The van der Waals surface area contributed by atoms with Crippen molar-refractivity contribution < 1.29 is 17.9 Å². The fourth-order valence-electron chi connectivity index (χ4n) is 2.78. The van der Waals surface area contributed by atoms with E-state index in [1.807, 2.05) is 37.3 Å². The van der Waals surface area contributed by atoms with Gasteiger partial charge in [-0.2, -0.15) is 0 Å². The number of hydrogen-bond acceptors (Lipinski definition) is 4. The van der Waals surface area contributed by atoms with Gasteiger partial charge in [0.2, 0.25) is 10.0 Å². The van der Waals surface area contributed by atoms with E-state index in [4.69, 9.17) is 9.47 Å². The summed E-state index contributed by atoms with van der Waals surface area (Å²) in [5.41, 5.74) is 0.226. The van der Waals surface area contributed by atoms with Crippen molar-refractivity contribution in [1.29, 1.82) is 0 Å². The van der Waals surface area contributed by atoms with Crippen molar-refractivity contribution >= 4 is 10.0 Å². The normalized spacial score (nSPS) is 14.1. The second-order valence-corrected chi connectivity index (χ2v) is 8.69. The molecule has 0 saturated heterocycles. The smallest absolute Gasteiger partial charge is 0.240 e. The standard InChI is InChI=1S/C21H29NO4S/c1-5-21(25-4,18-9-7-6-8-10-18)16-22-27(23,24)20-13-11-19(12-14-20)26-15-17(2)3/h6-14,17,22H,5,15-16H2,1-4H3. The van der Waals surface area contributed by atoms with Crippen LogP contribution in [0.4, 0.5) is 0 Å². The zero-order valence-corrected chi connectivity index (χ0v) is 17.3. The number of hydrogen-bond donors (Lipinski definition) is 1. The number of sulfonamides is 1. The second-order valence-electron chi connectivity index (χ2n) is 6.92. The lowest BCUT2D eigenvalue weighted by Gasteiger charge is -2.32. The molecule has 2 rings (SSSR count). The van der Waals surface area contributed by atoms with Gasteiger partial charge in [-0.05, 0) is 42.2 Å². The molecule has 27 heavy (non-hydrogen) atoms. The molecule has 148 valence electrons. The van der Waals surface area contributed by atoms with Crippen molar-refractivity contribution in [3.8, 4) is 5.75 Å². The first-order valence-corrected chi connectivity index (χ1v) is 10.6. The maximum Gasteiger partial charge on any atom is 0.240 e. The molecular weight excluding hydrogens is 362 g/mol. The molecule has 5 nitrogen and oxygen atoms in total. The Bertz CT molecular complexity index is 798. The van der Waals surface area contributed by atoms with E-state index >= 15 is 0 Å². The Kier molecular flexibility index (Phi) is 7.41. The molecule has 0 aliphatic carbocycles. The van der Waals surface area contributed by atoms with E-state index in [1.54, 1.807) is 31.4 Å². The van der Waals surface area contributed by atoms with E-state index in [9.17, 15) is 8.42 Å². The maximum absolute atomic E-state index is 12.7. The fourth-order valence-corrected chi connectivity index (χ4v) is 3.86. The van der Waals surface area contributed by atoms with Crippen molar-refractivity contribution in [1.82, 2.24) is 4.72 Å². The van der Waals surface area contributed by atoms with Crippen molar-refractivity contribution in [3.05, 3.63) is 60.2 Å². The van der Waals surface area contributed by atoms with Crippen LogP contribution >= 0.6 is 0 Å². The van der Waals surface area contributed by atoms with Gasteiger partial charge in [0.25, 0.3) is 0 Å². The Morgan fingerprint density at radius 2 is 1.67 bits per heavy atom. The molecule has 0 amide bonds. The first kappa shape index (κ1) is 21.4. The van der Waals surface area contributed by atoms with Crippen molar-refractivity contribution in [2.45, 2.75) is 37.7 Å². The SMILES string of the molecule is CCC(CNS(=O)(=O)c1ccc(OCC(C)C)cc1)(OC)c1ccccc1.